The summed E-state index contributed by atoms with van der Waals surface area (Å²) in [6, 6.07) is 9.71. The number of methoxy groups -OCH3 is 1. The van der Waals surface area contributed by atoms with Crippen LogP contribution >= 0.6 is 0 Å². The maximum absolute atomic E-state index is 12.2. The van der Waals surface area contributed by atoms with Gasteiger partial charge in [0.05, 0.1) is 12.0 Å². The lowest BCUT2D eigenvalue weighted by Crippen LogP contribution is -2.10. The lowest BCUT2D eigenvalue weighted by atomic mass is 10.2. The van der Waals surface area contributed by atoms with E-state index in [1.165, 1.54) is 31.4 Å². The first-order chi connectivity index (χ1) is 10.3. The van der Waals surface area contributed by atoms with Crippen molar-refractivity contribution in [1.29, 1.82) is 0 Å². The molecule has 0 spiro atoms. The number of hydrogen-bond donors (Lipinski definition) is 0. The summed E-state index contributed by atoms with van der Waals surface area (Å²) in [5.41, 5.74) is 0.501. The number of aryl methyl sites for hydroxylation is 1. The molecule has 0 aliphatic heterocycles. The highest BCUT2D eigenvalue weighted by Gasteiger charge is 2.23. The topological polar surface area (TPSA) is 95.7 Å². The molecule has 0 aliphatic carbocycles. The smallest absolute Gasteiger partial charge is 0.339 e. The number of hydrogen-bond acceptors (Lipinski definition) is 6. The lowest BCUT2D eigenvalue weighted by Gasteiger charge is -2.08. The number of nitro benzene ring substituents is 1. The van der Waals surface area contributed by atoms with E-state index in [-0.39, 0.29) is 16.4 Å². The molecule has 0 unspecified atom stereocenters. The van der Waals surface area contributed by atoms with Crippen LogP contribution in [0.4, 0.5) is 5.69 Å². The molecule has 0 atom stereocenters. The van der Waals surface area contributed by atoms with Gasteiger partial charge in [-0.15, -0.1) is 0 Å². The zero-order chi connectivity index (χ0) is 16.3. The zero-order valence-corrected chi connectivity index (χ0v) is 12.7. The first-order valence-corrected chi connectivity index (χ1v) is 7.58. The van der Waals surface area contributed by atoms with Crippen molar-refractivity contribution in [3.63, 3.8) is 0 Å². The molecule has 0 fully saturated rings. The second-order valence-electron chi connectivity index (χ2n) is 4.44. The molecule has 2 aromatic rings. The van der Waals surface area contributed by atoms with Crippen molar-refractivity contribution in [1.82, 2.24) is 0 Å². The van der Waals surface area contributed by atoms with E-state index in [1.54, 1.807) is 12.1 Å². The summed E-state index contributed by atoms with van der Waals surface area (Å²) in [7, 11) is -2.90. The number of nitro groups is 1. The number of benzene rings is 2. The molecule has 0 N–H and O–H groups in total. The fourth-order valence-corrected chi connectivity index (χ4v) is 2.69. The summed E-state index contributed by atoms with van der Waals surface area (Å²) in [4.78, 5) is 9.91. The summed E-state index contributed by atoms with van der Waals surface area (Å²) in [6.45, 7) is 1.85. The van der Waals surface area contributed by atoms with E-state index >= 15 is 0 Å². The Morgan fingerprint density at radius 1 is 1.09 bits per heavy atom. The quantitative estimate of drug-likeness (QED) is 0.477. The van der Waals surface area contributed by atoms with Gasteiger partial charge in [-0.3, -0.25) is 10.1 Å². The van der Waals surface area contributed by atoms with E-state index in [0.717, 1.165) is 11.6 Å². The van der Waals surface area contributed by atoms with Gasteiger partial charge in [0.25, 0.3) is 0 Å². The fraction of sp³-hybridized carbons (Fsp3) is 0.143. The molecule has 0 aromatic heterocycles. The van der Waals surface area contributed by atoms with Crippen molar-refractivity contribution < 1.29 is 22.3 Å². The van der Waals surface area contributed by atoms with Gasteiger partial charge in [-0.25, -0.2) is 0 Å². The van der Waals surface area contributed by atoms with Gasteiger partial charge in [0, 0.05) is 6.07 Å². The molecular formula is C14H13NO6S. The first-order valence-electron chi connectivity index (χ1n) is 6.17. The summed E-state index contributed by atoms with van der Waals surface area (Å²) >= 11 is 0. The molecule has 2 aromatic carbocycles. The lowest BCUT2D eigenvalue weighted by molar-refractivity contribution is -0.386. The second-order valence-corrected chi connectivity index (χ2v) is 5.99. The van der Waals surface area contributed by atoms with Gasteiger partial charge >= 0.3 is 15.8 Å². The van der Waals surface area contributed by atoms with Gasteiger partial charge in [0.2, 0.25) is 0 Å². The Labute approximate surface area is 127 Å². The van der Waals surface area contributed by atoms with Gasteiger partial charge in [-0.2, -0.15) is 8.42 Å². The van der Waals surface area contributed by atoms with Crippen LogP contribution in [-0.4, -0.2) is 20.5 Å². The third kappa shape index (κ3) is 3.34. The molecule has 0 aliphatic rings. The van der Waals surface area contributed by atoms with Crippen LogP contribution in [0.25, 0.3) is 0 Å². The molecule has 22 heavy (non-hydrogen) atoms. The van der Waals surface area contributed by atoms with E-state index in [9.17, 15) is 18.5 Å². The fourth-order valence-electron chi connectivity index (χ4n) is 1.74. The molecule has 0 heterocycles. The Morgan fingerprint density at radius 2 is 1.73 bits per heavy atom. The van der Waals surface area contributed by atoms with E-state index in [0.29, 0.717) is 0 Å². The van der Waals surface area contributed by atoms with E-state index in [4.69, 9.17) is 8.92 Å². The highest BCUT2D eigenvalue weighted by molar-refractivity contribution is 7.87. The number of rotatable bonds is 5. The van der Waals surface area contributed by atoms with Crippen LogP contribution in [0.5, 0.6) is 11.5 Å². The normalized spacial score (nSPS) is 11.0. The summed E-state index contributed by atoms with van der Waals surface area (Å²) in [6.07, 6.45) is 0. The van der Waals surface area contributed by atoms with Crippen molar-refractivity contribution in [3.05, 3.63) is 58.1 Å². The first kappa shape index (κ1) is 15.8. The average molecular weight is 323 g/mol. The van der Waals surface area contributed by atoms with Gasteiger partial charge < -0.3 is 8.92 Å². The average Bonchev–Trinajstić information content (AvgIpc) is 2.48. The minimum absolute atomic E-state index is 0.0284. The van der Waals surface area contributed by atoms with Crippen LogP contribution in [0.1, 0.15) is 5.56 Å². The Bertz CT molecular complexity index is 799. The van der Waals surface area contributed by atoms with Crippen molar-refractivity contribution >= 4 is 15.8 Å². The zero-order valence-electron chi connectivity index (χ0n) is 11.8. The van der Waals surface area contributed by atoms with Crippen molar-refractivity contribution in [3.8, 4) is 11.5 Å². The van der Waals surface area contributed by atoms with Crippen LogP contribution in [0.3, 0.4) is 0 Å². The highest BCUT2D eigenvalue weighted by Crippen LogP contribution is 2.30. The molecule has 7 nitrogen and oxygen atoms in total. The van der Waals surface area contributed by atoms with Crippen molar-refractivity contribution in [2.45, 2.75) is 11.8 Å². The van der Waals surface area contributed by atoms with E-state index in [1.807, 2.05) is 6.92 Å². The van der Waals surface area contributed by atoms with Crippen LogP contribution in [-0.2, 0) is 10.1 Å². The van der Waals surface area contributed by atoms with Crippen LogP contribution < -0.4 is 8.92 Å². The monoisotopic (exact) mass is 323 g/mol. The second kappa shape index (κ2) is 6.02. The number of nitrogens with zero attached hydrogens (tertiary/aromatic N) is 1. The summed E-state index contributed by atoms with van der Waals surface area (Å²) in [5.74, 6) is 0.100. The van der Waals surface area contributed by atoms with Gasteiger partial charge in [0.1, 0.15) is 10.6 Å². The molecule has 8 heteroatoms. The minimum atomic E-state index is -4.17. The summed E-state index contributed by atoms with van der Waals surface area (Å²) in [5, 5.41) is 10.9. The van der Waals surface area contributed by atoms with Crippen LogP contribution in [0.15, 0.2) is 47.4 Å². The molecule has 0 amide bonds. The predicted molar refractivity (Wildman–Crippen MR) is 78.6 cm³/mol. The third-order valence-electron chi connectivity index (χ3n) is 2.86. The van der Waals surface area contributed by atoms with Gasteiger partial charge in [-0.05, 0) is 31.2 Å². The third-order valence-corrected chi connectivity index (χ3v) is 4.11. The molecule has 116 valence electrons. The Balaban J connectivity index is 2.39. The van der Waals surface area contributed by atoms with Crippen molar-refractivity contribution in [2.24, 2.45) is 0 Å². The van der Waals surface area contributed by atoms with E-state index in [2.05, 4.69) is 0 Å². The van der Waals surface area contributed by atoms with Gasteiger partial charge in [0.15, 0.2) is 5.75 Å². The standard InChI is InChI=1S/C14H13NO6S/c1-10-3-5-11(6-4-10)21-22(18,19)12-7-8-14(20-2)13(9-12)15(16)17/h3-9H,1-2H3. The van der Waals surface area contributed by atoms with Crippen LogP contribution in [0, 0.1) is 17.0 Å². The maximum Gasteiger partial charge on any atom is 0.339 e. The predicted octanol–water partition coefficient (Wildman–Crippen LogP) is 2.68. The minimum Gasteiger partial charge on any atom is -0.490 e. The largest absolute Gasteiger partial charge is 0.490 e. The van der Waals surface area contributed by atoms with Crippen molar-refractivity contribution in [2.75, 3.05) is 7.11 Å². The Kier molecular flexibility index (Phi) is 4.32. The Morgan fingerprint density at radius 3 is 2.27 bits per heavy atom. The Hall–Kier alpha value is -2.61. The number of ether oxygens (including phenoxy) is 1. The van der Waals surface area contributed by atoms with Crippen LogP contribution in [0.2, 0.25) is 0 Å². The molecule has 0 bridgehead atoms. The molecule has 0 saturated heterocycles. The van der Waals surface area contributed by atoms with Gasteiger partial charge in [-0.1, -0.05) is 17.7 Å². The highest BCUT2D eigenvalue weighted by atomic mass is 32.2. The molecule has 0 saturated carbocycles. The summed E-state index contributed by atoms with van der Waals surface area (Å²) < 4.78 is 34.1. The molecule has 0 radical (unpaired) electrons. The molecular weight excluding hydrogens is 310 g/mol. The van der Waals surface area contributed by atoms with E-state index < -0.39 is 20.7 Å². The molecule has 2 rings (SSSR count). The SMILES string of the molecule is COc1ccc(S(=O)(=O)Oc2ccc(C)cc2)cc1[N+](=O)[O-]. The maximum atomic E-state index is 12.2.